The molecule has 0 saturated carbocycles. The standard InChI is InChI=1S/C23H25ClN4O2S2/c1-32-20-5-3-2-4-18(20)26-22(31)28-12-10-23(11-13-28)14-19(27-30-23)21(29)25-15-16-6-8-17(24)9-7-16/h2-9H,10-15H2,1H3,(H,25,29)(H,26,31). The van der Waals surface area contributed by atoms with Gasteiger partial charge >= 0.3 is 0 Å². The van der Waals surface area contributed by atoms with Crippen LogP contribution in [0.5, 0.6) is 0 Å². The summed E-state index contributed by atoms with van der Waals surface area (Å²) in [5.41, 5.74) is 2.03. The third-order valence-corrected chi connectivity index (χ3v) is 7.19. The molecule has 2 heterocycles. The number of halogens is 1. The van der Waals surface area contributed by atoms with Gasteiger partial charge in [-0.1, -0.05) is 41.0 Å². The van der Waals surface area contributed by atoms with Gasteiger partial charge in [-0.3, -0.25) is 4.79 Å². The summed E-state index contributed by atoms with van der Waals surface area (Å²) in [5, 5.41) is 11.8. The molecule has 32 heavy (non-hydrogen) atoms. The molecule has 2 N–H and O–H groups in total. The van der Waals surface area contributed by atoms with Crippen molar-refractivity contribution in [2.24, 2.45) is 5.16 Å². The Morgan fingerprint density at radius 2 is 1.94 bits per heavy atom. The zero-order valence-electron chi connectivity index (χ0n) is 17.8. The fourth-order valence-corrected chi connectivity index (χ4v) is 4.83. The van der Waals surface area contributed by atoms with Crippen molar-refractivity contribution in [2.75, 3.05) is 24.7 Å². The fourth-order valence-electron chi connectivity index (χ4n) is 3.86. The molecule has 168 valence electrons. The van der Waals surface area contributed by atoms with E-state index < -0.39 is 5.60 Å². The lowest BCUT2D eigenvalue weighted by atomic mass is 9.87. The maximum absolute atomic E-state index is 12.6. The van der Waals surface area contributed by atoms with Crippen LogP contribution in [-0.2, 0) is 16.2 Å². The molecule has 6 nitrogen and oxygen atoms in total. The van der Waals surface area contributed by atoms with E-state index in [1.54, 1.807) is 23.9 Å². The van der Waals surface area contributed by atoms with E-state index in [2.05, 4.69) is 33.0 Å². The molecule has 2 aliphatic heterocycles. The van der Waals surface area contributed by atoms with Crippen LogP contribution in [0.15, 0.2) is 58.6 Å². The summed E-state index contributed by atoms with van der Waals surface area (Å²) in [5.74, 6) is -0.190. The molecule has 4 rings (SSSR count). The van der Waals surface area contributed by atoms with Crippen molar-refractivity contribution in [3.8, 4) is 0 Å². The lowest BCUT2D eigenvalue weighted by Crippen LogP contribution is -2.48. The smallest absolute Gasteiger partial charge is 0.269 e. The molecule has 0 atom stereocenters. The maximum atomic E-state index is 12.6. The summed E-state index contributed by atoms with van der Waals surface area (Å²) in [4.78, 5) is 21.6. The minimum Gasteiger partial charge on any atom is -0.388 e. The van der Waals surface area contributed by atoms with Crippen molar-refractivity contribution in [3.63, 3.8) is 0 Å². The second-order valence-electron chi connectivity index (χ2n) is 7.92. The summed E-state index contributed by atoms with van der Waals surface area (Å²) in [6.45, 7) is 1.93. The topological polar surface area (TPSA) is 66.0 Å². The molecule has 2 aromatic rings. The summed E-state index contributed by atoms with van der Waals surface area (Å²) >= 11 is 13.2. The van der Waals surface area contributed by atoms with Crippen LogP contribution in [-0.4, -0.2) is 46.6 Å². The molecular weight excluding hydrogens is 464 g/mol. The third kappa shape index (κ3) is 5.36. The van der Waals surface area contributed by atoms with Gasteiger partial charge in [0.15, 0.2) is 5.11 Å². The van der Waals surface area contributed by atoms with E-state index in [0.29, 0.717) is 28.8 Å². The Balaban J connectivity index is 1.26. The number of carbonyl (C=O) groups excluding carboxylic acids is 1. The SMILES string of the molecule is CSc1ccccc1NC(=S)N1CCC2(CC1)CC(C(=O)NCc1ccc(Cl)cc1)=NO2. The van der Waals surface area contributed by atoms with E-state index in [1.165, 1.54) is 0 Å². The number of nitrogens with one attached hydrogen (secondary N) is 2. The van der Waals surface area contributed by atoms with Gasteiger partial charge in [-0.05, 0) is 48.3 Å². The summed E-state index contributed by atoms with van der Waals surface area (Å²) in [6.07, 6.45) is 4.09. The maximum Gasteiger partial charge on any atom is 0.269 e. The zero-order valence-corrected chi connectivity index (χ0v) is 20.2. The molecule has 2 aliphatic rings. The molecule has 1 fully saturated rings. The van der Waals surface area contributed by atoms with Gasteiger partial charge in [-0.2, -0.15) is 0 Å². The number of para-hydroxylation sites is 1. The van der Waals surface area contributed by atoms with Crippen LogP contribution in [0.25, 0.3) is 0 Å². The molecule has 9 heteroatoms. The Kier molecular flexibility index (Phi) is 7.23. The molecular formula is C23H25ClN4O2S2. The fraction of sp³-hybridized carbons (Fsp3) is 0.348. The Morgan fingerprint density at radius 3 is 2.66 bits per heavy atom. The number of nitrogens with zero attached hydrogens (tertiary/aromatic N) is 2. The summed E-state index contributed by atoms with van der Waals surface area (Å²) in [7, 11) is 0. The van der Waals surface area contributed by atoms with Crippen LogP contribution in [0.4, 0.5) is 5.69 Å². The van der Waals surface area contributed by atoms with Crippen molar-refractivity contribution < 1.29 is 9.63 Å². The number of anilines is 1. The molecule has 0 radical (unpaired) electrons. The van der Waals surface area contributed by atoms with Gasteiger partial charge in [-0.15, -0.1) is 11.8 Å². The Bertz CT molecular complexity index is 1020. The quantitative estimate of drug-likeness (QED) is 0.470. The number of hydrogen-bond acceptors (Lipinski definition) is 5. The number of thiocarbonyl (C=S) groups is 1. The van der Waals surface area contributed by atoms with Crippen molar-refractivity contribution in [3.05, 3.63) is 59.1 Å². The van der Waals surface area contributed by atoms with Gasteiger partial charge in [0.1, 0.15) is 11.3 Å². The monoisotopic (exact) mass is 488 g/mol. The van der Waals surface area contributed by atoms with E-state index in [1.807, 2.05) is 30.3 Å². The van der Waals surface area contributed by atoms with Crippen molar-refractivity contribution in [2.45, 2.75) is 36.3 Å². The van der Waals surface area contributed by atoms with Gasteiger partial charge in [0.2, 0.25) is 0 Å². The molecule has 0 unspecified atom stereocenters. The van der Waals surface area contributed by atoms with Crippen LogP contribution in [0, 0.1) is 0 Å². The van der Waals surface area contributed by atoms with Crippen LogP contribution in [0.3, 0.4) is 0 Å². The minimum atomic E-state index is -0.420. The van der Waals surface area contributed by atoms with E-state index in [0.717, 1.165) is 42.1 Å². The second kappa shape index (κ2) is 10.1. The lowest BCUT2D eigenvalue weighted by molar-refractivity contribution is -0.115. The average molecular weight is 489 g/mol. The van der Waals surface area contributed by atoms with Crippen LogP contribution in [0.2, 0.25) is 5.02 Å². The molecule has 1 saturated heterocycles. The Hall–Kier alpha value is -2.29. The minimum absolute atomic E-state index is 0.190. The highest BCUT2D eigenvalue weighted by molar-refractivity contribution is 7.98. The van der Waals surface area contributed by atoms with Crippen molar-refractivity contribution >= 4 is 58.0 Å². The highest BCUT2D eigenvalue weighted by Gasteiger charge is 2.44. The normalized spacial score (nSPS) is 16.9. The van der Waals surface area contributed by atoms with E-state index in [-0.39, 0.29) is 5.91 Å². The predicted octanol–water partition coefficient (Wildman–Crippen LogP) is 4.69. The number of rotatable bonds is 5. The zero-order chi connectivity index (χ0) is 22.6. The number of thioether (sulfide) groups is 1. The largest absolute Gasteiger partial charge is 0.388 e. The van der Waals surface area contributed by atoms with Gasteiger partial charge in [-0.25, -0.2) is 0 Å². The molecule has 1 spiro atoms. The molecule has 0 bridgehead atoms. The first-order valence-electron chi connectivity index (χ1n) is 10.4. The molecule has 2 aromatic carbocycles. The first-order chi connectivity index (χ1) is 15.5. The van der Waals surface area contributed by atoms with Crippen LogP contribution < -0.4 is 10.6 Å². The number of hydrogen-bond donors (Lipinski definition) is 2. The van der Waals surface area contributed by atoms with Gasteiger partial charge < -0.3 is 20.4 Å². The highest BCUT2D eigenvalue weighted by atomic mass is 35.5. The number of likely N-dealkylation sites (tertiary alicyclic amines) is 1. The second-order valence-corrected chi connectivity index (χ2v) is 9.59. The van der Waals surface area contributed by atoms with Crippen molar-refractivity contribution in [1.29, 1.82) is 0 Å². The number of amides is 1. The summed E-state index contributed by atoms with van der Waals surface area (Å²) < 4.78 is 0. The first kappa shape index (κ1) is 22.9. The van der Waals surface area contributed by atoms with E-state index in [9.17, 15) is 4.79 Å². The number of benzene rings is 2. The highest BCUT2D eigenvalue weighted by Crippen LogP contribution is 2.35. The Labute approximate surface area is 202 Å². The van der Waals surface area contributed by atoms with Crippen LogP contribution >= 0.6 is 35.6 Å². The van der Waals surface area contributed by atoms with Gasteiger partial charge in [0, 0.05) is 48.8 Å². The summed E-state index contributed by atoms with van der Waals surface area (Å²) in [6, 6.07) is 15.5. The van der Waals surface area contributed by atoms with Crippen LogP contribution in [0.1, 0.15) is 24.8 Å². The number of oxime groups is 1. The third-order valence-electron chi connectivity index (χ3n) is 5.78. The predicted molar refractivity (Wildman–Crippen MR) is 134 cm³/mol. The molecule has 0 aromatic heterocycles. The van der Waals surface area contributed by atoms with Gasteiger partial charge in [0.25, 0.3) is 5.91 Å². The number of carbonyl (C=O) groups is 1. The van der Waals surface area contributed by atoms with E-state index >= 15 is 0 Å². The number of piperidine rings is 1. The lowest BCUT2D eigenvalue weighted by Gasteiger charge is -2.38. The molecule has 0 aliphatic carbocycles. The van der Waals surface area contributed by atoms with Gasteiger partial charge in [0.05, 0.1) is 5.69 Å². The first-order valence-corrected chi connectivity index (χ1v) is 12.5. The van der Waals surface area contributed by atoms with Crippen molar-refractivity contribution in [1.82, 2.24) is 10.2 Å². The van der Waals surface area contributed by atoms with E-state index in [4.69, 9.17) is 28.7 Å². The Morgan fingerprint density at radius 1 is 1.22 bits per heavy atom. The average Bonchev–Trinajstić information content (AvgIpc) is 3.23. The molecule has 1 amide bonds.